The first-order valence-corrected chi connectivity index (χ1v) is 6.50. The molecule has 1 fully saturated rings. The minimum Gasteiger partial charge on any atom is -0.508 e. The van der Waals surface area contributed by atoms with Crippen molar-refractivity contribution in [1.29, 1.82) is 0 Å². The molecule has 0 aromatic heterocycles. The van der Waals surface area contributed by atoms with Crippen molar-refractivity contribution in [2.75, 3.05) is 13.1 Å². The lowest BCUT2D eigenvalue weighted by Crippen LogP contribution is -2.51. The highest BCUT2D eigenvalue weighted by Crippen LogP contribution is 2.21. The van der Waals surface area contributed by atoms with Crippen LogP contribution in [-0.2, 0) is 15.6 Å². The summed E-state index contributed by atoms with van der Waals surface area (Å²) in [6, 6.07) is 6.54. The summed E-state index contributed by atoms with van der Waals surface area (Å²) in [5.74, 6) is -0.0280. The number of nitrogens with one attached hydrogen (secondary N) is 1. The van der Waals surface area contributed by atoms with E-state index in [-0.39, 0.29) is 16.8 Å². The lowest BCUT2D eigenvalue weighted by molar-refractivity contribution is 0.467. The van der Waals surface area contributed by atoms with Crippen LogP contribution in [-0.4, -0.2) is 31.9 Å². The lowest BCUT2D eigenvalue weighted by Gasteiger charge is -2.26. The second-order valence-electron chi connectivity index (χ2n) is 3.72. The molecule has 2 N–H and O–H groups in total. The molecule has 2 rings (SSSR count). The Hall–Kier alpha value is -1.07. The van der Waals surface area contributed by atoms with E-state index >= 15 is 0 Å². The summed E-state index contributed by atoms with van der Waals surface area (Å²) in [7, 11) is -3.12. The van der Waals surface area contributed by atoms with Crippen molar-refractivity contribution >= 4 is 9.84 Å². The van der Waals surface area contributed by atoms with Crippen LogP contribution < -0.4 is 5.32 Å². The maximum atomic E-state index is 11.8. The summed E-state index contributed by atoms with van der Waals surface area (Å²) in [5, 5.41) is 12.1. The topological polar surface area (TPSA) is 66.4 Å². The predicted octanol–water partition coefficient (Wildman–Crippen LogP) is 0.279. The molecule has 0 aliphatic carbocycles. The van der Waals surface area contributed by atoms with E-state index < -0.39 is 9.84 Å². The highest BCUT2D eigenvalue weighted by atomic mass is 32.2. The average Bonchev–Trinajstić information content (AvgIpc) is 2.04. The maximum absolute atomic E-state index is 11.8. The Morgan fingerprint density at radius 1 is 1.33 bits per heavy atom. The van der Waals surface area contributed by atoms with E-state index in [0.29, 0.717) is 18.7 Å². The third kappa shape index (κ3) is 2.13. The molecule has 82 valence electrons. The first-order valence-electron chi connectivity index (χ1n) is 4.79. The van der Waals surface area contributed by atoms with E-state index in [1.54, 1.807) is 18.2 Å². The number of benzene rings is 1. The van der Waals surface area contributed by atoms with E-state index in [1.807, 2.05) is 0 Å². The van der Waals surface area contributed by atoms with Gasteiger partial charge in [-0.1, -0.05) is 18.2 Å². The van der Waals surface area contributed by atoms with Gasteiger partial charge in [0.15, 0.2) is 9.84 Å². The molecule has 0 spiro atoms. The molecule has 15 heavy (non-hydrogen) atoms. The molecule has 0 saturated carbocycles. The highest BCUT2D eigenvalue weighted by molar-refractivity contribution is 7.91. The van der Waals surface area contributed by atoms with Crippen LogP contribution in [0.4, 0.5) is 0 Å². The van der Waals surface area contributed by atoms with Gasteiger partial charge >= 0.3 is 0 Å². The summed E-state index contributed by atoms with van der Waals surface area (Å²) in [4.78, 5) is 0. The molecule has 1 aromatic rings. The molecule has 0 radical (unpaired) electrons. The third-order valence-corrected chi connectivity index (χ3v) is 4.66. The van der Waals surface area contributed by atoms with Crippen molar-refractivity contribution in [3.63, 3.8) is 0 Å². The van der Waals surface area contributed by atoms with Crippen molar-refractivity contribution in [2.45, 2.75) is 11.0 Å². The van der Waals surface area contributed by atoms with Crippen LogP contribution in [0, 0.1) is 0 Å². The Morgan fingerprint density at radius 3 is 2.53 bits per heavy atom. The number of phenols is 1. The van der Waals surface area contributed by atoms with Gasteiger partial charge in [-0.2, -0.15) is 0 Å². The minimum atomic E-state index is -3.12. The smallest absolute Gasteiger partial charge is 0.159 e. The average molecular weight is 227 g/mol. The summed E-state index contributed by atoms with van der Waals surface area (Å²) < 4.78 is 23.6. The molecule has 4 nitrogen and oxygen atoms in total. The molecule has 0 amide bonds. The van der Waals surface area contributed by atoms with Crippen LogP contribution in [0.15, 0.2) is 24.3 Å². The minimum absolute atomic E-state index is 0.0494. The van der Waals surface area contributed by atoms with E-state index in [9.17, 15) is 13.5 Å². The second kappa shape index (κ2) is 3.83. The number of hydrogen-bond donors (Lipinski definition) is 2. The Bertz CT molecular complexity index is 451. The summed E-state index contributed by atoms with van der Waals surface area (Å²) in [5.41, 5.74) is 0.476. The molecule has 0 atom stereocenters. The molecule has 1 aliphatic rings. The van der Waals surface area contributed by atoms with Gasteiger partial charge in [0.25, 0.3) is 0 Å². The standard InChI is InChI=1S/C10H13NO3S/c12-10-4-2-1-3-8(10)7-15(13,14)9-5-11-6-9/h1-4,9,11-12H,5-7H2. The Morgan fingerprint density at radius 2 is 2.00 bits per heavy atom. The monoisotopic (exact) mass is 227 g/mol. The Balaban J connectivity index is 2.18. The van der Waals surface area contributed by atoms with E-state index in [2.05, 4.69) is 5.32 Å². The van der Waals surface area contributed by atoms with Gasteiger partial charge in [-0.15, -0.1) is 0 Å². The van der Waals surface area contributed by atoms with Crippen LogP contribution in [0.5, 0.6) is 5.75 Å². The molecule has 1 saturated heterocycles. The number of phenolic OH excluding ortho intramolecular Hbond substituents is 1. The van der Waals surface area contributed by atoms with Crippen LogP contribution in [0.25, 0.3) is 0 Å². The Kier molecular flexibility index (Phi) is 2.67. The molecule has 5 heteroatoms. The highest BCUT2D eigenvalue weighted by Gasteiger charge is 2.31. The molecule has 1 aromatic carbocycles. The Labute approximate surface area is 88.9 Å². The largest absolute Gasteiger partial charge is 0.508 e. The number of sulfone groups is 1. The molecule has 1 heterocycles. The van der Waals surface area contributed by atoms with Crippen molar-refractivity contribution in [2.24, 2.45) is 0 Å². The third-order valence-electron chi connectivity index (χ3n) is 2.60. The summed E-state index contributed by atoms with van der Waals surface area (Å²) in [6.07, 6.45) is 0. The molecular formula is C10H13NO3S. The summed E-state index contributed by atoms with van der Waals surface area (Å²) >= 11 is 0. The van der Waals surface area contributed by atoms with Gasteiger partial charge in [0.2, 0.25) is 0 Å². The quantitative estimate of drug-likeness (QED) is 0.778. The lowest BCUT2D eigenvalue weighted by atomic mass is 10.2. The van der Waals surface area contributed by atoms with Gasteiger partial charge in [-0.05, 0) is 6.07 Å². The van der Waals surface area contributed by atoms with Gasteiger partial charge in [0, 0.05) is 18.7 Å². The number of para-hydroxylation sites is 1. The van der Waals surface area contributed by atoms with Crippen LogP contribution >= 0.6 is 0 Å². The second-order valence-corrected chi connectivity index (χ2v) is 6.00. The van der Waals surface area contributed by atoms with Crippen LogP contribution in [0.2, 0.25) is 0 Å². The first kappa shape index (κ1) is 10.4. The van der Waals surface area contributed by atoms with Crippen molar-refractivity contribution in [1.82, 2.24) is 5.32 Å². The van der Waals surface area contributed by atoms with Gasteiger partial charge < -0.3 is 10.4 Å². The van der Waals surface area contributed by atoms with E-state index in [1.165, 1.54) is 6.07 Å². The van der Waals surface area contributed by atoms with Gasteiger partial charge in [0.1, 0.15) is 5.75 Å². The zero-order chi connectivity index (χ0) is 10.9. The summed E-state index contributed by atoms with van der Waals surface area (Å²) in [6.45, 7) is 1.05. The van der Waals surface area contributed by atoms with Crippen molar-refractivity contribution in [3.8, 4) is 5.75 Å². The fourth-order valence-electron chi connectivity index (χ4n) is 1.48. The number of hydrogen-bond acceptors (Lipinski definition) is 4. The number of aromatic hydroxyl groups is 1. The van der Waals surface area contributed by atoms with E-state index in [4.69, 9.17) is 0 Å². The van der Waals surface area contributed by atoms with E-state index in [0.717, 1.165) is 0 Å². The van der Waals surface area contributed by atoms with Crippen LogP contribution in [0.1, 0.15) is 5.56 Å². The fraction of sp³-hybridized carbons (Fsp3) is 0.400. The number of rotatable bonds is 3. The molecule has 1 aliphatic heterocycles. The van der Waals surface area contributed by atoms with Crippen LogP contribution in [0.3, 0.4) is 0 Å². The van der Waals surface area contributed by atoms with Gasteiger partial charge in [0.05, 0.1) is 11.0 Å². The predicted molar refractivity (Wildman–Crippen MR) is 57.4 cm³/mol. The molecule has 0 unspecified atom stereocenters. The zero-order valence-electron chi connectivity index (χ0n) is 8.18. The zero-order valence-corrected chi connectivity index (χ0v) is 9.00. The van der Waals surface area contributed by atoms with Gasteiger partial charge in [-0.3, -0.25) is 0 Å². The normalized spacial score (nSPS) is 17.3. The maximum Gasteiger partial charge on any atom is 0.159 e. The SMILES string of the molecule is O=S(=O)(Cc1ccccc1O)C1CNC1. The molecule has 0 bridgehead atoms. The van der Waals surface area contributed by atoms with Gasteiger partial charge in [-0.25, -0.2) is 8.42 Å². The van der Waals surface area contributed by atoms with Crippen molar-refractivity contribution < 1.29 is 13.5 Å². The fourth-order valence-corrected chi connectivity index (χ4v) is 3.14. The first-order chi connectivity index (χ1) is 7.09. The molecular weight excluding hydrogens is 214 g/mol. The van der Waals surface area contributed by atoms with Crippen molar-refractivity contribution in [3.05, 3.63) is 29.8 Å².